The van der Waals surface area contributed by atoms with Gasteiger partial charge in [-0.1, -0.05) is 25.9 Å². The van der Waals surface area contributed by atoms with E-state index in [2.05, 4.69) is 5.16 Å². The van der Waals surface area contributed by atoms with E-state index in [0.717, 1.165) is 5.71 Å². The number of hydrogen-bond acceptors (Lipinski definition) is 3. The van der Waals surface area contributed by atoms with Gasteiger partial charge >= 0.3 is 6.16 Å². The molecule has 12 heavy (non-hydrogen) atoms. The molecule has 0 atom stereocenters. The van der Waals surface area contributed by atoms with Crippen molar-refractivity contribution in [1.82, 2.24) is 0 Å². The number of carboxylic acid groups (broad SMARTS) is 2. The summed E-state index contributed by atoms with van der Waals surface area (Å²) in [6.45, 7) is 7.81. The van der Waals surface area contributed by atoms with Gasteiger partial charge in [0.05, 0.1) is 5.71 Å². The molecular weight excluding hydrogens is 162 g/mol. The van der Waals surface area contributed by atoms with Crippen LogP contribution in [0.2, 0.25) is 0 Å². The van der Waals surface area contributed by atoms with Crippen molar-refractivity contribution in [2.45, 2.75) is 27.7 Å². The molecule has 0 saturated heterocycles. The van der Waals surface area contributed by atoms with Gasteiger partial charge in [-0.3, -0.25) is 0 Å². The van der Waals surface area contributed by atoms with Crippen LogP contribution in [0, 0.1) is 5.41 Å². The first-order valence-corrected chi connectivity index (χ1v) is 3.32. The van der Waals surface area contributed by atoms with Crippen LogP contribution in [0.25, 0.3) is 0 Å². The fourth-order valence-corrected chi connectivity index (χ4v) is 0.150. The minimum atomic E-state index is -1.83. The van der Waals surface area contributed by atoms with Gasteiger partial charge in [-0.05, 0) is 6.92 Å². The number of carbonyl (C=O) groups is 1. The molecule has 0 unspecified atom stereocenters. The minimum Gasteiger partial charge on any atom is -0.450 e. The van der Waals surface area contributed by atoms with Gasteiger partial charge in [0, 0.05) is 5.41 Å². The summed E-state index contributed by atoms with van der Waals surface area (Å²) in [7, 11) is 0. The van der Waals surface area contributed by atoms with Crippen LogP contribution in [0.1, 0.15) is 27.7 Å². The van der Waals surface area contributed by atoms with Gasteiger partial charge in [-0.2, -0.15) is 0 Å². The monoisotopic (exact) mass is 177 g/mol. The van der Waals surface area contributed by atoms with E-state index in [4.69, 9.17) is 20.2 Å². The van der Waals surface area contributed by atoms with Crippen molar-refractivity contribution >= 4 is 11.9 Å². The maximum atomic E-state index is 8.56. The molecule has 0 rings (SSSR count). The van der Waals surface area contributed by atoms with Crippen LogP contribution in [0.4, 0.5) is 4.79 Å². The predicted molar refractivity (Wildman–Crippen MR) is 45.0 cm³/mol. The van der Waals surface area contributed by atoms with Gasteiger partial charge in [0.2, 0.25) is 0 Å². The van der Waals surface area contributed by atoms with E-state index in [0.29, 0.717) is 0 Å². The van der Waals surface area contributed by atoms with Crippen molar-refractivity contribution in [2.75, 3.05) is 0 Å². The maximum Gasteiger partial charge on any atom is 0.503 e. The maximum absolute atomic E-state index is 8.56. The second-order valence-electron chi connectivity index (χ2n) is 3.22. The van der Waals surface area contributed by atoms with E-state index in [1.165, 1.54) is 0 Å². The summed E-state index contributed by atoms with van der Waals surface area (Å²) in [5.41, 5.74) is 0.770. The lowest BCUT2D eigenvalue weighted by Crippen LogP contribution is -2.16. The summed E-state index contributed by atoms with van der Waals surface area (Å²) < 4.78 is 0. The number of rotatable bonds is 0. The molecule has 0 aromatic heterocycles. The Morgan fingerprint density at radius 3 is 1.50 bits per heavy atom. The number of nitrogens with zero attached hydrogens (tertiary/aromatic N) is 1. The molecule has 0 heterocycles. The molecule has 0 amide bonds. The molecule has 0 aromatic carbocycles. The summed E-state index contributed by atoms with van der Waals surface area (Å²) in [4.78, 5) is 8.56. The van der Waals surface area contributed by atoms with Gasteiger partial charge in [-0.15, -0.1) is 0 Å². The fraction of sp³-hybridized carbons (Fsp3) is 0.714. The molecule has 0 aliphatic rings. The lowest BCUT2D eigenvalue weighted by molar-refractivity contribution is 0.137. The molecule has 3 N–H and O–H groups in total. The van der Waals surface area contributed by atoms with Crippen LogP contribution in [0.5, 0.6) is 0 Å². The van der Waals surface area contributed by atoms with Crippen molar-refractivity contribution in [2.24, 2.45) is 10.6 Å². The molecule has 0 bridgehead atoms. The van der Waals surface area contributed by atoms with Crippen LogP contribution in [0.15, 0.2) is 5.16 Å². The van der Waals surface area contributed by atoms with Gasteiger partial charge in [-0.25, -0.2) is 4.79 Å². The predicted octanol–water partition coefficient (Wildman–Crippen LogP) is 2.10. The second-order valence-corrected chi connectivity index (χ2v) is 3.22. The lowest BCUT2D eigenvalue weighted by atomic mass is 9.91. The standard InChI is InChI=1S/C6H13NO.CH2O3/c1-5(7-8)6(2,3)4;2-1(3)4/h8H,1-4H3;(H2,2,3,4). The molecule has 0 aliphatic heterocycles. The molecule has 0 aliphatic carbocycles. The second kappa shape index (κ2) is 5.40. The zero-order chi connectivity index (χ0) is 10.4. The molecule has 0 fully saturated rings. The van der Waals surface area contributed by atoms with E-state index < -0.39 is 6.16 Å². The van der Waals surface area contributed by atoms with E-state index in [1.807, 2.05) is 20.8 Å². The third-order valence-electron chi connectivity index (χ3n) is 1.24. The summed E-state index contributed by atoms with van der Waals surface area (Å²) in [5, 5.41) is 25.3. The molecule has 0 spiro atoms. The normalized spacial score (nSPS) is 11.5. The third kappa shape index (κ3) is 11.5. The summed E-state index contributed by atoms with van der Waals surface area (Å²) in [5.74, 6) is 0. The molecule has 0 radical (unpaired) electrons. The highest BCUT2D eigenvalue weighted by Gasteiger charge is 2.13. The average molecular weight is 177 g/mol. The van der Waals surface area contributed by atoms with Crippen LogP contribution >= 0.6 is 0 Å². The molecule has 0 saturated carbocycles. The molecule has 0 aromatic rings. The topological polar surface area (TPSA) is 90.1 Å². The average Bonchev–Trinajstić information content (AvgIpc) is 1.82. The Bertz CT molecular complexity index is 165. The van der Waals surface area contributed by atoms with Crippen molar-refractivity contribution < 1.29 is 20.2 Å². The molecule has 5 nitrogen and oxygen atoms in total. The Morgan fingerprint density at radius 2 is 1.50 bits per heavy atom. The molecule has 5 heteroatoms. The summed E-state index contributed by atoms with van der Waals surface area (Å²) >= 11 is 0. The number of hydrogen-bond donors (Lipinski definition) is 3. The SMILES string of the molecule is CC(=NO)C(C)(C)C.O=C(O)O. The molecule has 72 valence electrons. The van der Waals surface area contributed by atoms with Crippen molar-refractivity contribution in [3.05, 3.63) is 0 Å². The highest BCUT2D eigenvalue weighted by molar-refractivity contribution is 5.86. The van der Waals surface area contributed by atoms with E-state index in [9.17, 15) is 0 Å². The van der Waals surface area contributed by atoms with Crippen LogP contribution in [0.3, 0.4) is 0 Å². The first kappa shape index (κ1) is 13.3. The Labute approximate surface area is 71.3 Å². The Balaban J connectivity index is 0. The Morgan fingerprint density at radius 1 is 1.25 bits per heavy atom. The number of oxime groups is 1. The zero-order valence-electron chi connectivity index (χ0n) is 7.70. The van der Waals surface area contributed by atoms with Crippen LogP contribution in [-0.2, 0) is 0 Å². The quantitative estimate of drug-likeness (QED) is 0.300. The van der Waals surface area contributed by atoms with E-state index in [1.54, 1.807) is 6.92 Å². The van der Waals surface area contributed by atoms with Crippen molar-refractivity contribution in [3.63, 3.8) is 0 Å². The van der Waals surface area contributed by atoms with Gasteiger partial charge in [0.15, 0.2) is 0 Å². The Kier molecular flexibility index (Phi) is 6.00. The lowest BCUT2D eigenvalue weighted by Gasteiger charge is -2.15. The largest absolute Gasteiger partial charge is 0.503 e. The van der Waals surface area contributed by atoms with Gasteiger partial charge in [0.25, 0.3) is 0 Å². The van der Waals surface area contributed by atoms with Crippen molar-refractivity contribution in [1.29, 1.82) is 0 Å². The van der Waals surface area contributed by atoms with Crippen LogP contribution < -0.4 is 0 Å². The van der Waals surface area contributed by atoms with E-state index >= 15 is 0 Å². The van der Waals surface area contributed by atoms with Crippen LogP contribution in [-0.4, -0.2) is 27.3 Å². The fourth-order valence-electron chi connectivity index (χ4n) is 0.150. The summed E-state index contributed by atoms with van der Waals surface area (Å²) in [6, 6.07) is 0. The van der Waals surface area contributed by atoms with Crippen molar-refractivity contribution in [3.8, 4) is 0 Å². The molecular formula is C7H15NO4. The summed E-state index contributed by atoms with van der Waals surface area (Å²) in [6.07, 6.45) is -1.83. The highest BCUT2D eigenvalue weighted by Crippen LogP contribution is 2.14. The van der Waals surface area contributed by atoms with Gasteiger partial charge < -0.3 is 15.4 Å². The minimum absolute atomic E-state index is 0.00868. The first-order valence-electron chi connectivity index (χ1n) is 3.32. The highest BCUT2D eigenvalue weighted by atomic mass is 16.6. The smallest absolute Gasteiger partial charge is 0.450 e. The third-order valence-corrected chi connectivity index (χ3v) is 1.24. The Hall–Kier alpha value is -1.26. The zero-order valence-corrected chi connectivity index (χ0v) is 7.70. The van der Waals surface area contributed by atoms with Gasteiger partial charge in [0.1, 0.15) is 0 Å². The van der Waals surface area contributed by atoms with E-state index in [-0.39, 0.29) is 5.41 Å². The first-order chi connectivity index (χ1) is 5.21.